The van der Waals surface area contributed by atoms with Gasteiger partial charge >= 0.3 is 0 Å². The third kappa shape index (κ3) is 3.36. The van der Waals surface area contributed by atoms with Gasteiger partial charge in [-0.1, -0.05) is 19.3 Å². The van der Waals surface area contributed by atoms with Gasteiger partial charge in [-0.05, 0) is 49.3 Å². The normalized spacial score (nSPS) is 15.2. The predicted molar refractivity (Wildman–Crippen MR) is 95.4 cm³/mol. The van der Waals surface area contributed by atoms with Crippen LogP contribution in [0.1, 0.15) is 44.6 Å². The maximum atomic E-state index is 8.87. The van der Waals surface area contributed by atoms with Gasteiger partial charge < -0.3 is 4.74 Å². The van der Waals surface area contributed by atoms with Crippen molar-refractivity contribution in [1.82, 2.24) is 14.3 Å². The molecule has 0 saturated heterocycles. The molecule has 0 N–H and O–H groups in total. The number of methoxy groups -OCH3 is 1. The number of hydrogen-bond acceptors (Lipinski definition) is 4. The van der Waals surface area contributed by atoms with E-state index in [9.17, 15) is 0 Å². The van der Waals surface area contributed by atoms with E-state index in [0.717, 1.165) is 34.8 Å². The molecule has 1 aliphatic rings. The molecule has 0 unspecified atom stereocenters. The third-order valence-electron chi connectivity index (χ3n) is 4.59. The monoisotopic (exact) mass is 342 g/mol. The molecule has 0 amide bonds. The summed E-state index contributed by atoms with van der Waals surface area (Å²) in [7, 11) is 1.66. The van der Waals surface area contributed by atoms with Gasteiger partial charge in [-0.25, -0.2) is 4.68 Å². The van der Waals surface area contributed by atoms with Crippen LogP contribution in [0.15, 0.2) is 24.3 Å². The molecule has 126 valence electrons. The van der Waals surface area contributed by atoms with Crippen molar-refractivity contribution >= 4 is 12.2 Å². The first-order chi connectivity index (χ1) is 11.7. The number of ether oxygens (including phenoxy) is 1. The molecule has 24 heavy (non-hydrogen) atoms. The number of aromatic nitrogens is 3. The minimum Gasteiger partial charge on any atom is -0.497 e. The lowest BCUT2D eigenvalue weighted by atomic mass is 9.95. The topological polar surface area (TPSA) is 55.8 Å². The molecule has 0 bridgehead atoms. The Labute approximate surface area is 147 Å². The van der Waals surface area contributed by atoms with Gasteiger partial charge in [0.1, 0.15) is 5.75 Å². The fourth-order valence-electron chi connectivity index (χ4n) is 3.33. The van der Waals surface area contributed by atoms with Gasteiger partial charge in [0.2, 0.25) is 0 Å². The number of aryl methyl sites for hydroxylation is 1. The summed E-state index contributed by atoms with van der Waals surface area (Å²) in [5, 5.41) is 13.6. The lowest BCUT2D eigenvalue weighted by Gasteiger charge is -2.24. The molecule has 1 aliphatic carbocycles. The number of rotatable bonds is 5. The van der Waals surface area contributed by atoms with E-state index in [-0.39, 0.29) is 0 Å². The van der Waals surface area contributed by atoms with Crippen molar-refractivity contribution in [3.8, 4) is 23.2 Å². The number of benzene rings is 1. The minimum atomic E-state index is 0.402. The quantitative estimate of drug-likeness (QED) is 0.750. The van der Waals surface area contributed by atoms with Crippen LogP contribution in [0.4, 0.5) is 0 Å². The minimum absolute atomic E-state index is 0.402. The molecule has 0 spiro atoms. The molecule has 5 nitrogen and oxygen atoms in total. The van der Waals surface area contributed by atoms with E-state index >= 15 is 0 Å². The van der Waals surface area contributed by atoms with Crippen molar-refractivity contribution < 1.29 is 4.74 Å². The lowest BCUT2D eigenvalue weighted by molar-refractivity contribution is 0.350. The van der Waals surface area contributed by atoms with Gasteiger partial charge in [-0.3, -0.25) is 4.57 Å². The van der Waals surface area contributed by atoms with Crippen LogP contribution in [-0.2, 0) is 6.54 Å². The average molecular weight is 342 g/mol. The van der Waals surface area contributed by atoms with Crippen molar-refractivity contribution in [2.75, 3.05) is 7.11 Å². The summed E-state index contributed by atoms with van der Waals surface area (Å²) in [4.78, 5) is 0. The van der Waals surface area contributed by atoms with Crippen LogP contribution in [-0.4, -0.2) is 21.5 Å². The van der Waals surface area contributed by atoms with Gasteiger partial charge in [0.05, 0.1) is 26.1 Å². The molecule has 0 aliphatic heterocycles. The second-order valence-electron chi connectivity index (χ2n) is 6.13. The second-order valence-corrected chi connectivity index (χ2v) is 6.49. The Kier molecular flexibility index (Phi) is 5.31. The summed E-state index contributed by atoms with van der Waals surface area (Å²) < 4.78 is 9.97. The average Bonchev–Trinajstić information content (AvgIpc) is 2.97. The highest BCUT2D eigenvalue weighted by molar-refractivity contribution is 7.71. The van der Waals surface area contributed by atoms with E-state index in [4.69, 9.17) is 27.3 Å². The molecular formula is C18H22N4OS. The summed E-state index contributed by atoms with van der Waals surface area (Å²) in [6.45, 7) is 0.540. The van der Waals surface area contributed by atoms with E-state index in [0.29, 0.717) is 19.0 Å². The fourth-order valence-corrected chi connectivity index (χ4v) is 3.69. The highest BCUT2D eigenvalue weighted by atomic mass is 32.1. The predicted octanol–water partition coefficient (Wildman–Crippen LogP) is 4.51. The first kappa shape index (κ1) is 16.7. The van der Waals surface area contributed by atoms with Crippen molar-refractivity contribution in [2.24, 2.45) is 0 Å². The number of hydrogen-bond donors (Lipinski definition) is 0. The molecule has 1 heterocycles. The fraction of sp³-hybridized carbons (Fsp3) is 0.500. The SMILES string of the molecule is COc1ccc(-c2nn(CCC#N)c(=S)n2C2CCCCC2)cc1. The zero-order valence-electron chi connectivity index (χ0n) is 13.9. The van der Waals surface area contributed by atoms with Crippen molar-refractivity contribution in [3.05, 3.63) is 29.0 Å². The molecule has 6 heteroatoms. The summed E-state index contributed by atoms with van der Waals surface area (Å²) in [5.41, 5.74) is 1.03. The van der Waals surface area contributed by atoms with Gasteiger partial charge in [-0.2, -0.15) is 10.4 Å². The highest BCUT2D eigenvalue weighted by Crippen LogP contribution is 2.33. The van der Waals surface area contributed by atoms with E-state index < -0.39 is 0 Å². The molecule has 1 saturated carbocycles. The number of nitrogens with zero attached hydrogens (tertiary/aromatic N) is 4. The second kappa shape index (κ2) is 7.63. The van der Waals surface area contributed by atoms with Crippen LogP contribution in [0.3, 0.4) is 0 Å². The van der Waals surface area contributed by atoms with Crippen molar-refractivity contribution in [1.29, 1.82) is 5.26 Å². The Morgan fingerprint density at radius 3 is 2.58 bits per heavy atom. The maximum absolute atomic E-state index is 8.87. The van der Waals surface area contributed by atoms with Crippen LogP contribution in [0.25, 0.3) is 11.4 Å². The van der Waals surface area contributed by atoms with Gasteiger partial charge in [-0.15, -0.1) is 0 Å². The van der Waals surface area contributed by atoms with E-state index in [1.54, 1.807) is 11.8 Å². The van der Waals surface area contributed by atoms with Crippen LogP contribution in [0.2, 0.25) is 0 Å². The van der Waals surface area contributed by atoms with Crippen LogP contribution < -0.4 is 4.74 Å². The third-order valence-corrected chi connectivity index (χ3v) is 5.00. The summed E-state index contributed by atoms with van der Waals surface area (Å²) in [6.07, 6.45) is 6.46. The molecular weight excluding hydrogens is 320 g/mol. The highest BCUT2D eigenvalue weighted by Gasteiger charge is 2.22. The first-order valence-electron chi connectivity index (χ1n) is 8.45. The maximum Gasteiger partial charge on any atom is 0.198 e. The van der Waals surface area contributed by atoms with Crippen molar-refractivity contribution in [3.63, 3.8) is 0 Å². The molecule has 1 aromatic heterocycles. The Balaban J connectivity index is 2.04. The largest absolute Gasteiger partial charge is 0.497 e. The standard InChI is InChI=1S/C18H22N4OS/c1-23-16-10-8-14(9-11-16)17-20-21(13-5-12-19)18(24)22(17)15-6-3-2-4-7-15/h8-11,15H,2-7,13H2,1H3. The molecule has 3 rings (SSSR count). The Morgan fingerprint density at radius 2 is 1.96 bits per heavy atom. The molecule has 0 radical (unpaired) electrons. The summed E-state index contributed by atoms with van der Waals surface area (Å²) in [5.74, 6) is 1.72. The van der Waals surface area contributed by atoms with Gasteiger partial charge in [0, 0.05) is 11.6 Å². The van der Waals surface area contributed by atoms with Gasteiger partial charge in [0.25, 0.3) is 0 Å². The first-order valence-corrected chi connectivity index (χ1v) is 8.86. The van der Waals surface area contributed by atoms with E-state index in [1.807, 2.05) is 24.3 Å². The number of nitriles is 1. The zero-order valence-corrected chi connectivity index (χ0v) is 14.8. The summed E-state index contributed by atoms with van der Waals surface area (Å²) in [6, 6.07) is 10.5. The van der Waals surface area contributed by atoms with E-state index in [2.05, 4.69) is 10.6 Å². The molecule has 0 atom stereocenters. The van der Waals surface area contributed by atoms with Crippen LogP contribution in [0, 0.1) is 16.1 Å². The Morgan fingerprint density at radius 1 is 1.25 bits per heavy atom. The lowest BCUT2D eigenvalue weighted by Crippen LogP contribution is -2.14. The Bertz CT molecular complexity index is 779. The van der Waals surface area contributed by atoms with Crippen LogP contribution in [0.5, 0.6) is 5.75 Å². The summed E-state index contributed by atoms with van der Waals surface area (Å²) >= 11 is 5.68. The van der Waals surface area contributed by atoms with Gasteiger partial charge in [0.15, 0.2) is 10.6 Å². The van der Waals surface area contributed by atoms with Crippen molar-refractivity contribution in [2.45, 2.75) is 51.1 Å². The molecule has 2 aromatic rings. The van der Waals surface area contributed by atoms with E-state index in [1.165, 1.54) is 19.3 Å². The smallest absolute Gasteiger partial charge is 0.198 e. The Hall–Kier alpha value is -2.13. The zero-order chi connectivity index (χ0) is 16.9. The van der Waals surface area contributed by atoms with Crippen LogP contribution >= 0.6 is 12.2 Å². The molecule has 1 aromatic carbocycles. The molecule has 1 fully saturated rings.